The van der Waals surface area contributed by atoms with Crippen LogP contribution in [0.25, 0.3) is 0 Å². The Bertz CT molecular complexity index is 570. The van der Waals surface area contributed by atoms with Crippen LogP contribution in [0.1, 0.15) is 37.6 Å². The fourth-order valence-electron chi connectivity index (χ4n) is 1.96. The first-order chi connectivity index (χ1) is 10.4. The van der Waals surface area contributed by atoms with Crippen molar-refractivity contribution in [1.82, 2.24) is 10.6 Å². The highest BCUT2D eigenvalue weighted by Gasteiger charge is 2.10. The van der Waals surface area contributed by atoms with Crippen LogP contribution < -0.4 is 15.4 Å². The van der Waals surface area contributed by atoms with Crippen molar-refractivity contribution in [3.8, 4) is 0 Å². The third-order valence-electron chi connectivity index (χ3n) is 3.01. The van der Waals surface area contributed by atoms with E-state index >= 15 is 0 Å². The molecule has 1 amide bonds. The molecular weight excluding hydrogens is 302 g/mol. The van der Waals surface area contributed by atoms with E-state index in [1.807, 2.05) is 13.8 Å². The van der Waals surface area contributed by atoms with Crippen LogP contribution in [0.15, 0.2) is 24.3 Å². The number of sulfonamides is 1. The smallest absolute Gasteiger partial charge is 0.251 e. The lowest BCUT2D eigenvalue weighted by molar-refractivity contribution is 0.0950. The molecule has 0 radical (unpaired) electrons. The summed E-state index contributed by atoms with van der Waals surface area (Å²) in [6, 6.07) is 6.61. The predicted molar refractivity (Wildman–Crippen MR) is 89.6 cm³/mol. The van der Waals surface area contributed by atoms with Gasteiger partial charge < -0.3 is 10.6 Å². The van der Waals surface area contributed by atoms with Crippen LogP contribution in [0.3, 0.4) is 0 Å². The summed E-state index contributed by atoms with van der Waals surface area (Å²) in [6.45, 7) is 7.20. The minimum Gasteiger partial charge on any atom is -0.350 e. The molecule has 0 aromatic heterocycles. The molecule has 1 atom stereocenters. The number of anilines is 1. The van der Waals surface area contributed by atoms with Crippen molar-refractivity contribution in [2.75, 3.05) is 23.6 Å². The second kappa shape index (κ2) is 8.75. The molecule has 0 bridgehead atoms. The molecule has 7 heteroatoms. The van der Waals surface area contributed by atoms with Gasteiger partial charge in [-0.2, -0.15) is 0 Å². The lowest BCUT2D eigenvalue weighted by atomic mass is 10.2. The van der Waals surface area contributed by atoms with Gasteiger partial charge in [0.1, 0.15) is 0 Å². The molecule has 0 aliphatic carbocycles. The first-order valence-electron chi connectivity index (χ1n) is 7.50. The van der Waals surface area contributed by atoms with Gasteiger partial charge in [0.15, 0.2) is 0 Å². The largest absolute Gasteiger partial charge is 0.350 e. The molecule has 1 aromatic rings. The Hall–Kier alpha value is -1.60. The molecule has 0 saturated heterocycles. The van der Waals surface area contributed by atoms with E-state index in [0.717, 1.165) is 6.54 Å². The maximum atomic E-state index is 12.0. The van der Waals surface area contributed by atoms with Crippen LogP contribution in [-0.2, 0) is 10.0 Å². The van der Waals surface area contributed by atoms with E-state index < -0.39 is 10.0 Å². The maximum Gasteiger partial charge on any atom is 0.251 e. The second-order valence-corrected chi connectivity index (χ2v) is 7.01. The Kier molecular flexibility index (Phi) is 7.34. The zero-order chi connectivity index (χ0) is 16.6. The van der Waals surface area contributed by atoms with Gasteiger partial charge in [0.05, 0.1) is 5.75 Å². The number of carbonyl (C=O) groups is 1. The Morgan fingerprint density at radius 3 is 2.36 bits per heavy atom. The molecule has 3 N–H and O–H groups in total. The molecular formula is C15H25N3O3S. The molecule has 22 heavy (non-hydrogen) atoms. The molecule has 0 aliphatic rings. The number of amides is 1. The fraction of sp³-hybridized carbons (Fsp3) is 0.533. The van der Waals surface area contributed by atoms with E-state index in [2.05, 4.69) is 15.4 Å². The fourth-order valence-corrected chi connectivity index (χ4v) is 3.09. The summed E-state index contributed by atoms with van der Waals surface area (Å²) in [5.41, 5.74) is 0.966. The molecule has 6 nitrogen and oxygen atoms in total. The second-order valence-electron chi connectivity index (χ2n) is 5.17. The molecule has 0 saturated carbocycles. The number of hydrogen-bond donors (Lipinski definition) is 3. The van der Waals surface area contributed by atoms with Crippen LogP contribution in [0.2, 0.25) is 0 Å². The van der Waals surface area contributed by atoms with Crippen LogP contribution in [-0.4, -0.2) is 39.2 Å². The molecule has 1 aromatic carbocycles. The number of nitrogens with one attached hydrogen (secondary N) is 3. The summed E-state index contributed by atoms with van der Waals surface area (Å²) in [5.74, 6) is -0.0925. The van der Waals surface area contributed by atoms with Gasteiger partial charge in [0.25, 0.3) is 5.91 Å². The van der Waals surface area contributed by atoms with Crippen molar-refractivity contribution in [2.24, 2.45) is 0 Å². The Labute approximate surface area is 132 Å². The number of rotatable bonds is 9. The van der Waals surface area contributed by atoms with Gasteiger partial charge >= 0.3 is 0 Å². The van der Waals surface area contributed by atoms with E-state index in [1.54, 1.807) is 31.2 Å². The van der Waals surface area contributed by atoms with Crippen LogP contribution in [0.4, 0.5) is 5.69 Å². The van der Waals surface area contributed by atoms with Crippen molar-refractivity contribution in [2.45, 2.75) is 33.2 Å². The van der Waals surface area contributed by atoms with Crippen molar-refractivity contribution < 1.29 is 13.2 Å². The number of carbonyl (C=O) groups excluding carboxylic acids is 1. The molecule has 0 fully saturated rings. The first-order valence-corrected chi connectivity index (χ1v) is 9.15. The summed E-state index contributed by atoms with van der Waals surface area (Å²) < 4.78 is 25.8. The predicted octanol–water partition coefficient (Wildman–Crippen LogP) is 1.57. The van der Waals surface area contributed by atoms with E-state index in [4.69, 9.17) is 0 Å². The van der Waals surface area contributed by atoms with Gasteiger partial charge in [-0.25, -0.2) is 8.42 Å². The third kappa shape index (κ3) is 6.44. The Morgan fingerprint density at radius 2 is 1.82 bits per heavy atom. The minimum atomic E-state index is -3.30. The Balaban J connectivity index is 2.59. The summed E-state index contributed by atoms with van der Waals surface area (Å²) in [4.78, 5) is 12.0. The zero-order valence-corrected chi connectivity index (χ0v) is 14.2. The van der Waals surface area contributed by atoms with Gasteiger partial charge in [-0.05, 0) is 44.2 Å². The third-order valence-corrected chi connectivity index (χ3v) is 4.51. The van der Waals surface area contributed by atoms with Gasteiger partial charge in [-0.1, -0.05) is 13.8 Å². The SMILES string of the molecule is CCCS(=O)(=O)Nc1ccc(C(=O)NC[C@@H](C)NCC)cc1. The van der Waals surface area contributed by atoms with E-state index in [1.165, 1.54) is 0 Å². The highest BCUT2D eigenvalue weighted by molar-refractivity contribution is 7.92. The standard InChI is InChI=1S/C15H25N3O3S/c1-4-10-22(20,21)18-14-8-6-13(7-9-14)15(19)17-11-12(3)16-5-2/h6-9,12,16,18H,4-5,10-11H2,1-3H3,(H,17,19)/t12-/m1/s1. The highest BCUT2D eigenvalue weighted by Crippen LogP contribution is 2.12. The van der Waals surface area contributed by atoms with Gasteiger partial charge in [-0.3, -0.25) is 9.52 Å². The average Bonchev–Trinajstić information content (AvgIpc) is 2.45. The summed E-state index contributed by atoms with van der Waals surface area (Å²) in [7, 11) is -3.30. The lowest BCUT2D eigenvalue weighted by Crippen LogP contribution is -2.38. The summed E-state index contributed by atoms with van der Waals surface area (Å²) in [5, 5.41) is 6.04. The molecule has 124 valence electrons. The van der Waals surface area contributed by atoms with Gasteiger partial charge in [0.2, 0.25) is 10.0 Å². The van der Waals surface area contributed by atoms with Crippen LogP contribution in [0, 0.1) is 0 Å². The van der Waals surface area contributed by atoms with E-state index in [9.17, 15) is 13.2 Å². The van der Waals surface area contributed by atoms with E-state index in [-0.39, 0.29) is 17.7 Å². The number of benzene rings is 1. The van der Waals surface area contributed by atoms with Gasteiger partial charge in [0, 0.05) is 23.8 Å². The number of likely N-dealkylation sites (N-methyl/N-ethyl adjacent to an activating group) is 1. The highest BCUT2D eigenvalue weighted by atomic mass is 32.2. The Morgan fingerprint density at radius 1 is 1.18 bits per heavy atom. The van der Waals surface area contributed by atoms with Crippen molar-refractivity contribution in [3.05, 3.63) is 29.8 Å². The number of hydrogen-bond acceptors (Lipinski definition) is 4. The molecule has 0 heterocycles. The minimum absolute atomic E-state index is 0.0809. The van der Waals surface area contributed by atoms with E-state index in [0.29, 0.717) is 24.2 Å². The quantitative estimate of drug-likeness (QED) is 0.642. The van der Waals surface area contributed by atoms with Gasteiger partial charge in [-0.15, -0.1) is 0 Å². The first kappa shape index (κ1) is 18.4. The summed E-state index contributed by atoms with van der Waals surface area (Å²) in [6.07, 6.45) is 0.555. The van der Waals surface area contributed by atoms with Crippen LogP contribution in [0.5, 0.6) is 0 Å². The monoisotopic (exact) mass is 327 g/mol. The van der Waals surface area contributed by atoms with Crippen molar-refractivity contribution in [3.63, 3.8) is 0 Å². The molecule has 1 rings (SSSR count). The van der Waals surface area contributed by atoms with Crippen molar-refractivity contribution in [1.29, 1.82) is 0 Å². The summed E-state index contributed by atoms with van der Waals surface area (Å²) >= 11 is 0. The average molecular weight is 327 g/mol. The zero-order valence-electron chi connectivity index (χ0n) is 13.3. The molecule has 0 unspecified atom stereocenters. The molecule has 0 aliphatic heterocycles. The topological polar surface area (TPSA) is 87.3 Å². The van der Waals surface area contributed by atoms with Crippen LogP contribution >= 0.6 is 0 Å². The molecule has 0 spiro atoms. The van der Waals surface area contributed by atoms with Crippen molar-refractivity contribution >= 4 is 21.6 Å². The lowest BCUT2D eigenvalue weighted by Gasteiger charge is -2.13. The normalized spacial score (nSPS) is 12.7. The maximum absolute atomic E-state index is 12.0.